The van der Waals surface area contributed by atoms with Crippen LogP contribution in [-0.4, -0.2) is 35.0 Å². The number of ether oxygens (including phenoxy) is 1. The van der Waals surface area contributed by atoms with Gasteiger partial charge in [-0.1, -0.05) is 55.5 Å². The maximum absolute atomic E-state index is 14.2. The highest BCUT2D eigenvalue weighted by Gasteiger charge is 2.39. The normalized spacial score (nSPS) is 13.9. The first kappa shape index (κ1) is 30.9. The van der Waals surface area contributed by atoms with E-state index >= 15 is 0 Å². The molecule has 3 aromatic carbocycles. The standard InChI is InChI=1S/C34H33N3O6S/c1-4-29(38)28-11-6-5-10-27(28)23-14-16-26(17-15-23)44(41,42)32-33(39)36-30(20-43-21(2)3)37(34(32)40)31(24-12-13-24)25-9-7-8-22(18-25)19-35/h5-11,14-18,21,24,31,39H,4,12-13,20H2,1-3H3/t31-/m0/s1. The van der Waals surface area contributed by atoms with Gasteiger partial charge in [-0.15, -0.1) is 0 Å². The van der Waals surface area contributed by atoms with Crippen molar-refractivity contribution in [3.05, 3.63) is 106 Å². The molecule has 0 bridgehead atoms. The van der Waals surface area contributed by atoms with E-state index < -0.39 is 32.2 Å². The fourth-order valence-electron chi connectivity index (χ4n) is 5.35. The third-order valence-electron chi connectivity index (χ3n) is 7.67. The van der Waals surface area contributed by atoms with Crippen LogP contribution in [0, 0.1) is 17.2 Å². The van der Waals surface area contributed by atoms with Crippen LogP contribution >= 0.6 is 0 Å². The van der Waals surface area contributed by atoms with E-state index in [2.05, 4.69) is 11.1 Å². The smallest absolute Gasteiger partial charge is 0.277 e. The molecule has 5 rings (SSSR count). The lowest BCUT2D eigenvalue weighted by Crippen LogP contribution is -2.35. The van der Waals surface area contributed by atoms with Gasteiger partial charge in [-0.05, 0) is 73.6 Å². The van der Waals surface area contributed by atoms with Crippen LogP contribution in [0.3, 0.4) is 0 Å². The lowest BCUT2D eigenvalue weighted by molar-refractivity contribution is 0.0571. The monoisotopic (exact) mass is 611 g/mol. The summed E-state index contributed by atoms with van der Waals surface area (Å²) in [7, 11) is -4.54. The molecule has 0 radical (unpaired) electrons. The molecule has 10 heteroatoms. The van der Waals surface area contributed by atoms with E-state index in [1.807, 2.05) is 13.8 Å². The van der Waals surface area contributed by atoms with Crippen molar-refractivity contribution in [3.63, 3.8) is 0 Å². The highest BCUT2D eigenvalue weighted by Crippen LogP contribution is 2.44. The number of rotatable bonds is 11. The summed E-state index contributed by atoms with van der Waals surface area (Å²) >= 11 is 0. The molecule has 44 heavy (non-hydrogen) atoms. The first-order chi connectivity index (χ1) is 21.1. The van der Waals surface area contributed by atoms with Gasteiger partial charge in [-0.25, -0.2) is 8.42 Å². The maximum Gasteiger partial charge on any atom is 0.277 e. The van der Waals surface area contributed by atoms with Crippen molar-refractivity contribution in [2.24, 2.45) is 5.92 Å². The SMILES string of the molecule is CCC(=O)c1ccccc1-c1ccc(S(=O)(=O)c2c(O)nc(COC(C)C)n([C@H](c3cccc(C#N)c3)C3CC3)c2=O)cc1. The average Bonchev–Trinajstić information content (AvgIpc) is 3.86. The number of aromatic nitrogens is 2. The minimum Gasteiger partial charge on any atom is -0.492 e. The van der Waals surface area contributed by atoms with Gasteiger partial charge in [0.25, 0.3) is 5.56 Å². The van der Waals surface area contributed by atoms with Gasteiger partial charge in [0, 0.05) is 12.0 Å². The molecule has 0 amide bonds. The largest absolute Gasteiger partial charge is 0.492 e. The Bertz CT molecular complexity index is 1920. The predicted molar refractivity (Wildman–Crippen MR) is 164 cm³/mol. The van der Waals surface area contributed by atoms with Crippen LogP contribution in [-0.2, 0) is 21.2 Å². The van der Waals surface area contributed by atoms with Crippen molar-refractivity contribution in [1.29, 1.82) is 5.26 Å². The van der Waals surface area contributed by atoms with E-state index in [9.17, 15) is 28.4 Å². The molecule has 1 N–H and O–H groups in total. The summed E-state index contributed by atoms with van der Waals surface area (Å²) in [4.78, 5) is 29.9. The van der Waals surface area contributed by atoms with Gasteiger partial charge in [0.15, 0.2) is 10.7 Å². The van der Waals surface area contributed by atoms with E-state index in [-0.39, 0.29) is 35.1 Å². The molecule has 1 saturated carbocycles. The second-order valence-corrected chi connectivity index (χ2v) is 13.0. The second kappa shape index (κ2) is 12.6. The Hall–Kier alpha value is -4.59. The van der Waals surface area contributed by atoms with Crippen molar-refractivity contribution in [2.75, 3.05) is 0 Å². The molecule has 4 aromatic rings. The molecule has 1 atom stereocenters. The molecule has 1 fully saturated rings. The highest BCUT2D eigenvalue weighted by atomic mass is 32.2. The van der Waals surface area contributed by atoms with Crippen LogP contribution in [0.2, 0.25) is 0 Å². The van der Waals surface area contributed by atoms with E-state index in [4.69, 9.17) is 4.74 Å². The van der Waals surface area contributed by atoms with Crippen molar-refractivity contribution >= 4 is 15.6 Å². The fourth-order valence-corrected chi connectivity index (χ4v) is 6.69. The number of sulfone groups is 1. The lowest BCUT2D eigenvalue weighted by atomic mass is 9.96. The van der Waals surface area contributed by atoms with E-state index in [0.29, 0.717) is 34.2 Å². The maximum atomic E-state index is 14.2. The number of hydrogen-bond acceptors (Lipinski definition) is 8. The van der Waals surface area contributed by atoms with Crippen LogP contribution in [0.5, 0.6) is 5.88 Å². The first-order valence-corrected chi connectivity index (χ1v) is 16.0. The number of nitrogens with zero attached hydrogens (tertiary/aromatic N) is 3. The molecule has 226 valence electrons. The summed E-state index contributed by atoms with van der Waals surface area (Å²) in [5.74, 6) is -0.851. The molecule has 1 heterocycles. The minimum absolute atomic E-state index is 0.00604. The quantitative estimate of drug-likeness (QED) is 0.209. The number of carbonyl (C=O) groups is 1. The number of carbonyl (C=O) groups excluding carboxylic acids is 1. The zero-order valence-corrected chi connectivity index (χ0v) is 25.5. The molecule has 1 aliphatic carbocycles. The summed E-state index contributed by atoms with van der Waals surface area (Å²) in [5.41, 5.74) is 1.98. The Morgan fingerprint density at radius 3 is 2.43 bits per heavy atom. The second-order valence-electron chi connectivity index (χ2n) is 11.1. The van der Waals surface area contributed by atoms with Gasteiger partial charge in [0.1, 0.15) is 12.4 Å². The molecule has 9 nitrogen and oxygen atoms in total. The summed E-state index contributed by atoms with van der Waals surface area (Å²) < 4.78 is 35.0. The highest BCUT2D eigenvalue weighted by molar-refractivity contribution is 7.91. The van der Waals surface area contributed by atoms with Crippen LogP contribution in [0.1, 0.15) is 73.4 Å². The predicted octanol–water partition coefficient (Wildman–Crippen LogP) is 5.84. The zero-order valence-electron chi connectivity index (χ0n) is 24.7. The fraction of sp³-hybridized carbons (Fsp3) is 0.294. The topological polar surface area (TPSA) is 139 Å². The summed E-state index contributed by atoms with van der Waals surface area (Å²) in [6.07, 6.45) is 1.70. The molecule has 0 aliphatic heterocycles. The van der Waals surface area contributed by atoms with Gasteiger partial charge in [-0.3, -0.25) is 14.2 Å². The van der Waals surface area contributed by atoms with E-state index in [1.54, 1.807) is 67.6 Å². The third kappa shape index (κ3) is 6.07. The number of aromatic hydroxyl groups is 1. The Morgan fingerprint density at radius 2 is 1.80 bits per heavy atom. The number of nitriles is 1. The molecule has 0 saturated heterocycles. The summed E-state index contributed by atoms with van der Waals surface area (Å²) in [6.45, 7) is 5.27. The number of benzene rings is 3. The van der Waals surface area contributed by atoms with Crippen molar-refractivity contribution in [3.8, 4) is 23.1 Å². The van der Waals surface area contributed by atoms with Crippen molar-refractivity contribution < 1.29 is 23.1 Å². The number of ketones is 1. The molecule has 0 spiro atoms. The van der Waals surface area contributed by atoms with Gasteiger partial charge < -0.3 is 9.84 Å². The van der Waals surface area contributed by atoms with Crippen LogP contribution < -0.4 is 5.56 Å². The summed E-state index contributed by atoms with van der Waals surface area (Å²) in [6, 6.07) is 21.3. The van der Waals surface area contributed by atoms with Crippen LogP contribution in [0.15, 0.2) is 87.4 Å². The van der Waals surface area contributed by atoms with E-state index in [1.165, 1.54) is 16.7 Å². The van der Waals surface area contributed by atoms with Crippen LogP contribution in [0.25, 0.3) is 11.1 Å². The number of hydrogen-bond donors (Lipinski definition) is 1. The molecule has 0 unspecified atom stereocenters. The van der Waals surface area contributed by atoms with Gasteiger partial charge >= 0.3 is 0 Å². The molecule has 1 aromatic heterocycles. The number of Topliss-reactive ketones (excluding diaryl/α,β-unsaturated/α-hetero) is 1. The van der Waals surface area contributed by atoms with Crippen molar-refractivity contribution in [1.82, 2.24) is 9.55 Å². The molecular formula is C34H33N3O6S. The Balaban J connectivity index is 1.64. The third-order valence-corrected chi connectivity index (χ3v) is 9.46. The van der Waals surface area contributed by atoms with Crippen molar-refractivity contribution in [2.45, 2.75) is 68.6 Å². The van der Waals surface area contributed by atoms with Gasteiger partial charge in [0.2, 0.25) is 15.7 Å². The average molecular weight is 612 g/mol. The molecule has 1 aliphatic rings. The van der Waals surface area contributed by atoms with Gasteiger partial charge in [0.05, 0.1) is 28.7 Å². The lowest BCUT2D eigenvalue weighted by Gasteiger charge is -2.25. The molecular weight excluding hydrogens is 578 g/mol. The van der Waals surface area contributed by atoms with Crippen LogP contribution in [0.4, 0.5) is 0 Å². The first-order valence-electron chi connectivity index (χ1n) is 14.5. The zero-order chi connectivity index (χ0) is 31.6. The minimum atomic E-state index is -4.54. The summed E-state index contributed by atoms with van der Waals surface area (Å²) in [5, 5.41) is 20.5. The Kier molecular flexibility index (Phi) is 8.81. The van der Waals surface area contributed by atoms with Gasteiger partial charge in [-0.2, -0.15) is 10.2 Å². The van der Waals surface area contributed by atoms with E-state index in [0.717, 1.165) is 12.8 Å². The Labute approximate surface area is 256 Å². The Morgan fingerprint density at radius 1 is 1.09 bits per heavy atom.